The highest BCUT2D eigenvalue weighted by Gasteiger charge is 2.40. The first-order valence-electron chi connectivity index (χ1n) is 6.54. The molecule has 0 bridgehead atoms. The maximum absolute atomic E-state index is 12.0. The second-order valence-corrected chi connectivity index (χ2v) is 5.07. The van der Waals surface area contributed by atoms with Gasteiger partial charge in [-0.3, -0.25) is 9.59 Å². The molecular weight excluding hydrogens is 242 g/mol. The molecule has 4 heteroatoms. The van der Waals surface area contributed by atoms with Crippen LogP contribution in [-0.4, -0.2) is 19.0 Å². The van der Waals surface area contributed by atoms with Crippen molar-refractivity contribution in [1.82, 2.24) is 5.32 Å². The average molecular weight is 261 g/mol. The zero-order valence-corrected chi connectivity index (χ0v) is 11.3. The maximum Gasteiger partial charge on any atom is 0.307 e. The van der Waals surface area contributed by atoms with E-state index in [2.05, 4.69) is 12.2 Å². The fourth-order valence-corrected chi connectivity index (χ4v) is 2.15. The molecule has 0 spiro atoms. The molecule has 0 aliphatic heterocycles. The topological polar surface area (TPSA) is 55.4 Å². The standard InChI is InChI=1S/C15H19NO3/c1-10-8-12(10)15(18)16-13(9-14(17)19-2)11-6-4-3-5-7-11/h3-7,10,12-13H,8-9H2,1-2H3,(H,16,18)/t10-,12-,13+/m1/s1. The Morgan fingerprint density at radius 2 is 2.00 bits per heavy atom. The van der Waals surface area contributed by atoms with E-state index in [1.165, 1.54) is 7.11 Å². The number of amides is 1. The largest absolute Gasteiger partial charge is 0.469 e. The number of benzene rings is 1. The number of ether oxygens (including phenoxy) is 1. The first kappa shape index (κ1) is 13.6. The lowest BCUT2D eigenvalue weighted by molar-refractivity contribution is -0.141. The van der Waals surface area contributed by atoms with E-state index in [0.717, 1.165) is 12.0 Å². The normalized spacial score (nSPS) is 22.4. The fraction of sp³-hybridized carbons (Fsp3) is 0.467. The molecule has 1 aromatic rings. The van der Waals surface area contributed by atoms with Crippen molar-refractivity contribution < 1.29 is 14.3 Å². The third kappa shape index (κ3) is 3.56. The Morgan fingerprint density at radius 3 is 2.53 bits per heavy atom. The monoisotopic (exact) mass is 261 g/mol. The van der Waals surface area contributed by atoms with Crippen molar-refractivity contribution in [2.24, 2.45) is 11.8 Å². The number of hydrogen-bond acceptors (Lipinski definition) is 3. The maximum atomic E-state index is 12.0. The second kappa shape index (κ2) is 5.87. The summed E-state index contributed by atoms with van der Waals surface area (Å²) in [4.78, 5) is 23.5. The molecule has 0 aromatic heterocycles. The lowest BCUT2D eigenvalue weighted by Gasteiger charge is -2.18. The van der Waals surface area contributed by atoms with Gasteiger partial charge >= 0.3 is 5.97 Å². The molecular formula is C15H19NO3. The number of hydrogen-bond donors (Lipinski definition) is 1. The summed E-state index contributed by atoms with van der Waals surface area (Å²) in [7, 11) is 1.36. The summed E-state index contributed by atoms with van der Waals surface area (Å²) in [6, 6.07) is 9.20. The second-order valence-electron chi connectivity index (χ2n) is 5.07. The number of methoxy groups -OCH3 is 1. The Labute approximate surface area is 113 Å². The van der Waals surface area contributed by atoms with Crippen LogP contribution in [0.2, 0.25) is 0 Å². The molecule has 1 aromatic carbocycles. The number of carbonyl (C=O) groups excluding carboxylic acids is 2. The minimum absolute atomic E-state index is 0.0326. The number of rotatable bonds is 5. The average Bonchev–Trinajstić information content (AvgIpc) is 3.16. The third-order valence-electron chi connectivity index (χ3n) is 3.56. The van der Waals surface area contributed by atoms with Crippen molar-refractivity contribution in [3.8, 4) is 0 Å². The first-order valence-corrected chi connectivity index (χ1v) is 6.54. The van der Waals surface area contributed by atoms with E-state index in [9.17, 15) is 9.59 Å². The van der Waals surface area contributed by atoms with Crippen molar-refractivity contribution in [3.63, 3.8) is 0 Å². The van der Waals surface area contributed by atoms with Crippen molar-refractivity contribution >= 4 is 11.9 Å². The SMILES string of the molecule is COC(=O)C[C@H](NC(=O)[C@@H]1C[C@H]1C)c1ccccc1. The van der Waals surface area contributed by atoms with Crippen LogP contribution in [0.25, 0.3) is 0 Å². The van der Waals surface area contributed by atoms with Gasteiger partial charge in [0.05, 0.1) is 19.6 Å². The van der Waals surface area contributed by atoms with Crippen LogP contribution in [0.5, 0.6) is 0 Å². The lowest BCUT2D eigenvalue weighted by Crippen LogP contribution is -2.31. The molecule has 2 rings (SSSR count). The minimum Gasteiger partial charge on any atom is -0.469 e. The third-order valence-corrected chi connectivity index (χ3v) is 3.56. The van der Waals surface area contributed by atoms with E-state index in [1.807, 2.05) is 30.3 Å². The van der Waals surface area contributed by atoms with E-state index in [-0.39, 0.29) is 30.3 Å². The lowest BCUT2D eigenvalue weighted by atomic mass is 10.0. The summed E-state index contributed by atoms with van der Waals surface area (Å²) in [5, 5.41) is 2.95. The molecule has 0 radical (unpaired) electrons. The van der Waals surface area contributed by atoms with Crippen molar-refractivity contribution in [1.29, 1.82) is 0 Å². The molecule has 4 nitrogen and oxygen atoms in total. The minimum atomic E-state index is -0.321. The van der Waals surface area contributed by atoms with E-state index in [4.69, 9.17) is 4.74 Å². The molecule has 0 saturated heterocycles. The molecule has 0 unspecified atom stereocenters. The molecule has 0 heterocycles. The molecule has 1 fully saturated rings. The zero-order valence-electron chi connectivity index (χ0n) is 11.3. The number of esters is 1. The quantitative estimate of drug-likeness (QED) is 0.825. The van der Waals surface area contributed by atoms with Crippen LogP contribution in [0.1, 0.15) is 31.4 Å². The summed E-state index contributed by atoms with van der Waals surface area (Å²) >= 11 is 0. The van der Waals surface area contributed by atoms with Gasteiger partial charge in [-0.2, -0.15) is 0 Å². The van der Waals surface area contributed by atoms with Crippen LogP contribution >= 0.6 is 0 Å². The van der Waals surface area contributed by atoms with Gasteiger partial charge in [0, 0.05) is 5.92 Å². The molecule has 102 valence electrons. The fourth-order valence-electron chi connectivity index (χ4n) is 2.15. The van der Waals surface area contributed by atoms with Crippen molar-refractivity contribution in [3.05, 3.63) is 35.9 Å². The van der Waals surface area contributed by atoms with Gasteiger partial charge in [0.1, 0.15) is 0 Å². The zero-order chi connectivity index (χ0) is 13.8. The molecule has 1 N–H and O–H groups in total. The van der Waals surface area contributed by atoms with Gasteiger partial charge in [-0.15, -0.1) is 0 Å². The van der Waals surface area contributed by atoms with Crippen molar-refractivity contribution in [2.75, 3.05) is 7.11 Å². The van der Waals surface area contributed by atoms with E-state index >= 15 is 0 Å². The first-order chi connectivity index (χ1) is 9.11. The van der Waals surface area contributed by atoms with Gasteiger partial charge in [0.15, 0.2) is 0 Å². The molecule has 19 heavy (non-hydrogen) atoms. The highest BCUT2D eigenvalue weighted by molar-refractivity contribution is 5.82. The highest BCUT2D eigenvalue weighted by Crippen LogP contribution is 2.38. The summed E-state index contributed by atoms with van der Waals surface area (Å²) in [5.41, 5.74) is 0.926. The molecule has 1 saturated carbocycles. The Morgan fingerprint density at radius 1 is 1.37 bits per heavy atom. The Hall–Kier alpha value is -1.84. The molecule has 3 atom stereocenters. The van der Waals surface area contributed by atoms with Gasteiger partial charge < -0.3 is 10.1 Å². The summed E-state index contributed by atoms with van der Waals surface area (Å²) in [6.45, 7) is 2.06. The molecule has 1 amide bonds. The van der Waals surface area contributed by atoms with Gasteiger partial charge in [-0.25, -0.2) is 0 Å². The van der Waals surface area contributed by atoms with E-state index in [1.54, 1.807) is 0 Å². The van der Waals surface area contributed by atoms with Crippen molar-refractivity contribution in [2.45, 2.75) is 25.8 Å². The molecule has 1 aliphatic rings. The van der Waals surface area contributed by atoms with Crippen LogP contribution in [-0.2, 0) is 14.3 Å². The van der Waals surface area contributed by atoms with Crippen LogP contribution < -0.4 is 5.32 Å². The summed E-state index contributed by atoms with van der Waals surface area (Å²) in [5.74, 6) is 0.265. The van der Waals surface area contributed by atoms with Gasteiger partial charge in [0.25, 0.3) is 0 Å². The summed E-state index contributed by atoms with van der Waals surface area (Å²) in [6.07, 6.45) is 1.10. The predicted molar refractivity (Wildman–Crippen MR) is 71.2 cm³/mol. The number of carbonyl (C=O) groups is 2. The summed E-state index contributed by atoms with van der Waals surface area (Å²) < 4.78 is 4.69. The van der Waals surface area contributed by atoms with Crippen LogP contribution in [0.15, 0.2) is 30.3 Å². The van der Waals surface area contributed by atoms with E-state index in [0.29, 0.717) is 5.92 Å². The Balaban J connectivity index is 2.06. The molecule has 1 aliphatic carbocycles. The smallest absolute Gasteiger partial charge is 0.307 e. The highest BCUT2D eigenvalue weighted by atomic mass is 16.5. The Kier molecular flexibility index (Phi) is 4.20. The van der Waals surface area contributed by atoms with Gasteiger partial charge in [-0.05, 0) is 17.9 Å². The van der Waals surface area contributed by atoms with Crippen LogP contribution in [0, 0.1) is 11.8 Å². The Bertz CT molecular complexity index is 458. The van der Waals surface area contributed by atoms with Crippen LogP contribution in [0.3, 0.4) is 0 Å². The van der Waals surface area contributed by atoms with Gasteiger partial charge in [-0.1, -0.05) is 37.3 Å². The number of nitrogens with one attached hydrogen (secondary N) is 1. The van der Waals surface area contributed by atoms with Crippen LogP contribution in [0.4, 0.5) is 0 Å². The van der Waals surface area contributed by atoms with E-state index < -0.39 is 0 Å². The predicted octanol–water partition coefficient (Wildman–Crippen LogP) is 2.06. The van der Waals surface area contributed by atoms with Gasteiger partial charge in [0.2, 0.25) is 5.91 Å².